The molecule has 98 valence electrons. The molecule has 0 amide bonds. The molecule has 0 spiro atoms. The van der Waals surface area contributed by atoms with Crippen LogP contribution in [-0.4, -0.2) is 21.6 Å². The van der Waals surface area contributed by atoms with Crippen molar-refractivity contribution in [3.63, 3.8) is 0 Å². The van der Waals surface area contributed by atoms with E-state index < -0.39 is 0 Å². The summed E-state index contributed by atoms with van der Waals surface area (Å²) in [4.78, 5) is 9.22. The standard InChI is InChI=1S/C14H15N3OS/c1-2-15-14-11-7-19-8-12(11)16-13(17-14)9-4-3-5-10(18)6-9/h3-6,18H,2,7-8H2,1H3,(H,15,16,17). The van der Waals surface area contributed by atoms with Crippen LogP contribution in [0.5, 0.6) is 5.75 Å². The number of nitrogens with one attached hydrogen (secondary N) is 1. The lowest BCUT2D eigenvalue weighted by molar-refractivity contribution is 0.475. The zero-order valence-electron chi connectivity index (χ0n) is 10.7. The molecule has 0 atom stereocenters. The van der Waals surface area contributed by atoms with Crippen LogP contribution < -0.4 is 5.32 Å². The quantitative estimate of drug-likeness (QED) is 0.900. The highest BCUT2D eigenvalue weighted by molar-refractivity contribution is 7.98. The van der Waals surface area contributed by atoms with Crippen molar-refractivity contribution in [2.24, 2.45) is 0 Å². The number of fused-ring (bicyclic) bond motifs is 1. The first kappa shape index (κ1) is 12.3. The molecule has 0 saturated heterocycles. The van der Waals surface area contributed by atoms with Gasteiger partial charge in [0.1, 0.15) is 11.6 Å². The molecule has 2 aromatic rings. The van der Waals surface area contributed by atoms with Crippen molar-refractivity contribution in [3.8, 4) is 17.1 Å². The molecule has 19 heavy (non-hydrogen) atoms. The van der Waals surface area contributed by atoms with Gasteiger partial charge in [0.05, 0.1) is 5.69 Å². The molecule has 0 unspecified atom stereocenters. The van der Waals surface area contributed by atoms with Gasteiger partial charge in [0, 0.05) is 29.2 Å². The van der Waals surface area contributed by atoms with Crippen molar-refractivity contribution in [1.29, 1.82) is 0 Å². The molecule has 5 heteroatoms. The minimum Gasteiger partial charge on any atom is -0.508 e. The minimum absolute atomic E-state index is 0.237. The largest absolute Gasteiger partial charge is 0.508 e. The summed E-state index contributed by atoms with van der Waals surface area (Å²) in [5.74, 6) is 3.74. The summed E-state index contributed by atoms with van der Waals surface area (Å²) in [5, 5.41) is 12.9. The zero-order valence-corrected chi connectivity index (χ0v) is 11.5. The molecule has 4 nitrogen and oxygen atoms in total. The molecular weight excluding hydrogens is 258 g/mol. The van der Waals surface area contributed by atoms with Gasteiger partial charge in [0.2, 0.25) is 0 Å². The molecule has 3 rings (SSSR count). The lowest BCUT2D eigenvalue weighted by atomic mass is 10.1. The number of anilines is 1. The molecule has 1 aromatic heterocycles. The highest BCUT2D eigenvalue weighted by Gasteiger charge is 2.20. The number of hydrogen-bond acceptors (Lipinski definition) is 5. The lowest BCUT2D eigenvalue weighted by Crippen LogP contribution is -2.06. The third kappa shape index (κ3) is 2.38. The number of nitrogens with zero attached hydrogens (tertiary/aromatic N) is 2. The first-order valence-electron chi connectivity index (χ1n) is 6.28. The number of thioether (sulfide) groups is 1. The Morgan fingerprint density at radius 1 is 1.32 bits per heavy atom. The van der Waals surface area contributed by atoms with E-state index in [0.29, 0.717) is 5.82 Å². The Labute approximate surface area is 116 Å². The first-order valence-corrected chi connectivity index (χ1v) is 7.44. The first-order chi connectivity index (χ1) is 9.28. The molecule has 0 fully saturated rings. The number of benzene rings is 1. The van der Waals surface area contributed by atoms with Gasteiger partial charge >= 0.3 is 0 Å². The molecule has 0 aliphatic carbocycles. The average molecular weight is 273 g/mol. The summed E-state index contributed by atoms with van der Waals surface area (Å²) in [6, 6.07) is 7.07. The van der Waals surface area contributed by atoms with Crippen LogP contribution in [0.2, 0.25) is 0 Å². The third-order valence-corrected chi connectivity index (χ3v) is 4.00. The van der Waals surface area contributed by atoms with Crippen LogP contribution in [0.15, 0.2) is 24.3 Å². The molecule has 0 saturated carbocycles. The lowest BCUT2D eigenvalue weighted by Gasteiger charge is -2.10. The highest BCUT2D eigenvalue weighted by Crippen LogP contribution is 2.34. The number of aromatic nitrogens is 2. The van der Waals surface area contributed by atoms with Crippen LogP contribution in [0.1, 0.15) is 18.2 Å². The van der Waals surface area contributed by atoms with Crippen molar-refractivity contribution in [2.75, 3.05) is 11.9 Å². The molecule has 1 aliphatic heterocycles. The third-order valence-electron chi connectivity index (χ3n) is 3.03. The van der Waals surface area contributed by atoms with E-state index in [1.54, 1.807) is 12.1 Å². The monoisotopic (exact) mass is 273 g/mol. The van der Waals surface area contributed by atoms with Gasteiger partial charge in [-0.3, -0.25) is 0 Å². The van der Waals surface area contributed by atoms with E-state index in [2.05, 4.69) is 22.2 Å². The summed E-state index contributed by atoms with van der Waals surface area (Å²) in [5.41, 5.74) is 3.17. The van der Waals surface area contributed by atoms with Gasteiger partial charge in [-0.05, 0) is 19.1 Å². The molecule has 1 aromatic carbocycles. The van der Waals surface area contributed by atoms with Crippen molar-refractivity contribution < 1.29 is 5.11 Å². The van der Waals surface area contributed by atoms with E-state index in [1.807, 2.05) is 23.9 Å². The van der Waals surface area contributed by atoms with Gasteiger partial charge in [-0.2, -0.15) is 11.8 Å². The van der Waals surface area contributed by atoms with Crippen molar-refractivity contribution in [2.45, 2.75) is 18.4 Å². The smallest absolute Gasteiger partial charge is 0.161 e. The Hall–Kier alpha value is -1.75. The Kier molecular flexibility index (Phi) is 3.29. The molecule has 0 radical (unpaired) electrons. The zero-order chi connectivity index (χ0) is 13.2. The topological polar surface area (TPSA) is 58.0 Å². The summed E-state index contributed by atoms with van der Waals surface area (Å²) < 4.78 is 0. The maximum atomic E-state index is 9.57. The van der Waals surface area contributed by atoms with Crippen LogP contribution >= 0.6 is 11.8 Å². The molecule has 2 heterocycles. The summed E-state index contributed by atoms with van der Waals surface area (Å²) >= 11 is 1.86. The Bertz CT molecular complexity index is 616. The predicted octanol–water partition coefficient (Wildman–Crippen LogP) is 3.03. The van der Waals surface area contributed by atoms with E-state index in [0.717, 1.165) is 35.1 Å². The van der Waals surface area contributed by atoms with E-state index in [-0.39, 0.29) is 5.75 Å². The second-order valence-electron chi connectivity index (χ2n) is 4.39. The van der Waals surface area contributed by atoms with Gasteiger partial charge in [0.15, 0.2) is 5.82 Å². The average Bonchev–Trinajstić information content (AvgIpc) is 2.87. The maximum absolute atomic E-state index is 9.57. The number of aromatic hydroxyl groups is 1. The van der Waals surface area contributed by atoms with Crippen LogP contribution in [0, 0.1) is 0 Å². The van der Waals surface area contributed by atoms with Crippen LogP contribution in [0.3, 0.4) is 0 Å². The fourth-order valence-electron chi connectivity index (χ4n) is 2.14. The van der Waals surface area contributed by atoms with Crippen LogP contribution in [0.4, 0.5) is 5.82 Å². The fraction of sp³-hybridized carbons (Fsp3) is 0.286. The van der Waals surface area contributed by atoms with Gasteiger partial charge in [-0.1, -0.05) is 12.1 Å². The van der Waals surface area contributed by atoms with E-state index in [9.17, 15) is 5.11 Å². The van der Waals surface area contributed by atoms with Crippen LogP contribution in [0.25, 0.3) is 11.4 Å². The van der Waals surface area contributed by atoms with E-state index >= 15 is 0 Å². The maximum Gasteiger partial charge on any atom is 0.161 e. The normalized spacial score (nSPS) is 13.3. The van der Waals surface area contributed by atoms with Crippen LogP contribution in [-0.2, 0) is 11.5 Å². The molecule has 2 N–H and O–H groups in total. The van der Waals surface area contributed by atoms with Gasteiger partial charge in [0.25, 0.3) is 0 Å². The Morgan fingerprint density at radius 2 is 2.21 bits per heavy atom. The van der Waals surface area contributed by atoms with Crippen molar-refractivity contribution >= 4 is 17.6 Å². The number of phenolic OH excluding ortho intramolecular Hbond substituents is 1. The summed E-state index contributed by atoms with van der Waals surface area (Å²) in [6.07, 6.45) is 0. The van der Waals surface area contributed by atoms with Crippen molar-refractivity contribution in [1.82, 2.24) is 9.97 Å². The van der Waals surface area contributed by atoms with Gasteiger partial charge in [-0.15, -0.1) is 0 Å². The fourth-order valence-corrected chi connectivity index (χ4v) is 3.18. The Morgan fingerprint density at radius 3 is 3.00 bits per heavy atom. The SMILES string of the molecule is CCNc1nc(-c2cccc(O)c2)nc2c1CSC2. The Balaban J connectivity index is 2.10. The van der Waals surface area contributed by atoms with Gasteiger partial charge in [-0.25, -0.2) is 9.97 Å². The second kappa shape index (κ2) is 5.09. The second-order valence-corrected chi connectivity index (χ2v) is 5.38. The molecular formula is C14H15N3OS. The number of hydrogen-bond donors (Lipinski definition) is 2. The minimum atomic E-state index is 0.237. The van der Waals surface area contributed by atoms with E-state index in [4.69, 9.17) is 0 Å². The highest BCUT2D eigenvalue weighted by atomic mass is 32.2. The van der Waals surface area contributed by atoms with E-state index in [1.165, 1.54) is 5.56 Å². The number of phenols is 1. The predicted molar refractivity (Wildman–Crippen MR) is 78.3 cm³/mol. The number of rotatable bonds is 3. The van der Waals surface area contributed by atoms with Gasteiger partial charge < -0.3 is 10.4 Å². The molecule has 1 aliphatic rings. The summed E-state index contributed by atoms with van der Waals surface area (Å²) in [7, 11) is 0. The molecule has 0 bridgehead atoms. The van der Waals surface area contributed by atoms with Crippen molar-refractivity contribution in [3.05, 3.63) is 35.5 Å². The summed E-state index contributed by atoms with van der Waals surface area (Å²) in [6.45, 7) is 2.90.